The molecule has 0 N–H and O–H groups in total. The molecule has 0 spiro atoms. The highest BCUT2D eigenvalue weighted by Gasteiger charge is 2.32. The second-order valence-corrected chi connectivity index (χ2v) is 9.49. The Kier molecular flexibility index (Phi) is 7.93. The molecule has 0 aliphatic carbocycles. The maximum absolute atomic E-state index is 13.2. The molecule has 1 fully saturated rings. The van der Waals surface area contributed by atoms with Gasteiger partial charge in [0.25, 0.3) is 5.91 Å². The first-order valence-corrected chi connectivity index (χ1v) is 12.5. The van der Waals surface area contributed by atoms with Crippen molar-refractivity contribution in [2.45, 2.75) is 33.8 Å². The molecule has 3 aromatic carbocycles. The number of aliphatic imine (C=N–C) groups is 1. The fraction of sp³-hybridized carbons (Fsp3) is 0.241. The summed E-state index contributed by atoms with van der Waals surface area (Å²) < 4.78 is 11.6. The van der Waals surface area contributed by atoms with E-state index in [1.807, 2.05) is 67.6 Å². The molecule has 1 heterocycles. The number of hydrogen-bond acceptors (Lipinski definition) is 5. The Hall–Kier alpha value is -3.51. The first-order chi connectivity index (χ1) is 17.0. The van der Waals surface area contributed by atoms with E-state index < -0.39 is 0 Å². The molecule has 0 atom stereocenters. The summed E-state index contributed by atoms with van der Waals surface area (Å²) in [5.41, 5.74) is 5.18. The van der Waals surface area contributed by atoms with Crippen LogP contribution >= 0.6 is 11.8 Å². The van der Waals surface area contributed by atoms with Crippen molar-refractivity contribution in [2.24, 2.45) is 4.99 Å². The third-order valence-corrected chi connectivity index (χ3v) is 6.56. The molecule has 35 heavy (non-hydrogen) atoms. The maximum Gasteiger partial charge on any atom is 0.266 e. The van der Waals surface area contributed by atoms with Gasteiger partial charge in [0.1, 0.15) is 6.61 Å². The van der Waals surface area contributed by atoms with E-state index in [9.17, 15) is 4.79 Å². The summed E-state index contributed by atoms with van der Waals surface area (Å²) >= 11 is 1.40. The lowest BCUT2D eigenvalue weighted by atomic mass is 10.1. The van der Waals surface area contributed by atoms with E-state index in [2.05, 4.69) is 26.0 Å². The van der Waals surface area contributed by atoms with Gasteiger partial charge in [0.2, 0.25) is 0 Å². The van der Waals surface area contributed by atoms with Crippen LogP contribution in [0.15, 0.2) is 76.6 Å². The number of nitrogens with zero attached hydrogens (tertiary/aromatic N) is 2. The summed E-state index contributed by atoms with van der Waals surface area (Å²) in [6.07, 6.45) is 2.74. The van der Waals surface area contributed by atoms with Crippen molar-refractivity contribution in [2.75, 3.05) is 13.7 Å². The molecule has 0 bridgehead atoms. The van der Waals surface area contributed by atoms with Crippen molar-refractivity contribution in [1.29, 1.82) is 0 Å². The van der Waals surface area contributed by atoms with Crippen molar-refractivity contribution in [1.82, 2.24) is 4.90 Å². The minimum absolute atomic E-state index is 0.0264. The first-order valence-electron chi connectivity index (χ1n) is 11.7. The van der Waals surface area contributed by atoms with Crippen LogP contribution in [0.25, 0.3) is 6.08 Å². The molecule has 3 aromatic rings. The van der Waals surface area contributed by atoms with Crippen LogP contribution in [-0.2, 0) is 11.4 Å². The average molecular weight is 487 g/mol. The van der Waals surface area contributed by atoms with Crippen molar-refractivity contribution in [3.8, 4) is 11.5 Å². The van der Waals surface area contributed by atoms with E-state index in [4.69, 9.17) is 14.5 Å². The number of carbonyl (C=O) groups is 1. The fourth-order valence-electron chi connectivity index (χ4n) is 3.75. The molecule has 5 nitrogen and oxygen atoms in total. The van der Waals surface area contributed by atoms with Crippen LogP contribution in [0, 0.1) is 13.8 Å². The second-order valence-electron chi connectivity index (χ2n) is 8.49. The third-order valence-electron chi connectivity index (χ3n) is 5.56. The van der Waals surface area contributed by atoms with Gasteiger partial charge in [0.05, 0.1) is 17.7 Å². The van der Waals surface area contributed by atoms with Crippen LogP contribution in [0.2, 0.25) is 0 Å². The molecule has 1 amide bonds. The van der Waals surface area contributed by atoms with Gasteiger partial charge in [-0.3, -0.25) is 9.69 Å². The van der Waals surface area contributed by atoms with E-state index in [0.29, 0.717) is 34.7 Å². The molecule has 0 saturated carbocycles. The van der Waals surface area contributed by atoms with E-state index in [1.165, 1.54) is 22.9 Å². The minimum atomic E-state index is -0.0264. The molecular formula is C29H30N2O3S. The Bertz CT molecular complexity index is 1270. The zero-order chi connectivity index (χ0) is 24.8. The topological polar surface area (TPSA) is 51.1 Å². The quantitative estimate of drug-likeness (QED) is 0.325. The lowest BCUT2D eigenvalue weighted by Crippen LogP contribution is -2.29. The van der Waals surface area contributed by atoms with E-state index in [-0.39, 0.29) is 5.91 Å². The average Bonchev–Trinajstić information content (AvgIpc) is 3.13. The molecule has 1 aliphatic heterocycles. The van der Waals surface area contributed by atoms with Gasteiger partial charge < -0.3 is 9.47 Å². The number of rotatable bonds is 8. The maximum atomic E-state index is 13.2. The summed E-state index contributed by atoms with van der Waals surface area (Å²) in [6.45, 7) is 7.25. The first kappa shape index (κ1) is 24.6. The van der Waals surface area contributed by atoms with Gasteiger partial charge in [-0.05, 0) is 73.5 Å². The molecule has 6 heteroatoms. The Morgan fingerprint density at radius 1 is 0.971 bits per heavy atom. The zero-order valence-electron chi connectivity index (χ0n) is 20.6. The molecule has 0 radical (unpaired) electrons. The number of benzene rings is 3. The van der Waals surface area contributed by atoms with E-state index >= 15 is 0 Å². The number of carbonyl (C=O) groups excluding carboxylic acids is 1. The summed E-state index contributed by atoms with van der Waals surface area (Å²) in [4.78, 5) is 20.3. The van der Waals surface area contributed by atoms with E-state index in [1.54, 1.807) is 12.0 Å². The van der Waals surface area contributed by atoms with Crippen molar-refractivity contribution >= 4 is 34.6 Å². The van der Waals surface area contributed by atoms with Crippen LogP contribution in [0.5, 0.6) is 11.5 Å². The molecule has 4 rings (SSSR count). The van der Waals surface area contributed by atoms with Crippen LogP contribution in [0.4, 0.5) is 5.69 Å². The number of ether oxygens (including phenoxy) is 2. The Balaban J connectivity index is 1.55. The lowest BCUT2D eigenvalue weighted by molar-refractivity contribution is -0.122. The largest absolute Gasteiger partial charge is 0.493 e. The Morgan fingerprint density at radius 3 is 2.49 bits per heavy atom. The van der Waals surface area contributed by atoms with Gasteiger partial charge in [0.15, 0.2) is 16.7 Å². The number of thioether (sulfide) groups is 1. The van der Waals surface area contributed by atoms with Gasteiger partial charge in [-0.1, -0.05) is 60.5 Å². The molecule has 1 saturated heterocycles. The van der Waals surface area contributed by atoms with Crippen molar-refractivity contribution < 1.29 is 14.3 Å². The summed E-state index contributed by atoms with van der Waals surface area (Å²) in [5.74, 6) is 1.26. The number of amides is 1. The molecular weight excluding hydrogens is 456 g/mol. The molecule has 1 aliphatic rings. The standard InChI is InChI=1S/C29H30N2O3S/c1-5-15-31-28(32)27(35-29(31)30-24-12-9-20(2)10-13-24)18-22-11-14-25(26(17-22)33-4)34-19-23-8-6-7-21(3)16-23/h6-14,16-18H,5,15,19H2,1-4H3/b27-18+,30-29?. The van der Waals surface area contributed by atoms with Crippen LogP contribution in [0.3, 0.4) is 0 Å². The lowest BCUT2D eigenvalue weighted by Gasteiger charge is -2.14. The zero-order valence-corrected chi connectivity index (χ0v) is 21.4. The number of methoxy groups -OCH3 is 1. The molecule has 180 valence electrons. The van der Waals surface area contributed by atoms with Crippen molar-refractivity contribution in [3.63, 3.8) is 0 Å². The third kappa shape index (κ3) is 6.14. The smallest absolute Gasteiger partial charge is 0.266 e. The monoisotopic (exact) mass is 486 g/mol. The highest BCUT2D eigenvalue weighted by atomic mass is 32.2. The molecule has 0 unspecified atom stereocenters. The Morgan fingerprint density at radius 2 is 1.77 bits per heavy atom. The van der Waals surface area contributed by atoms with Crippen LogP contribution < -0.4 is 9.47 Å². The second kappa shape index (κ2) is 11.3. The van der Waals surface area contributed by atoms with E-state index in [0.717, 1.165) is 23.2 Å². The fourth-order valence-corrected chi connectivity index (χ4v) is 4.77. The SMILES string of the molecule is CCCN1C(=O)/C(=C\c2ccc(OCc3cccc(C)c3)c(OC)c2)SC1=Nc1ccc(C)cc1. The molecule has 0 aromatic heterocycles. The Labute approximate surface area is 211 Å². The summed E-state index contributed by atoms with van der Waals surface area (Å²) in [5, 5.41) is 0.706. The number of amidine groups is 1. The number of hydrogen-bond donors (Lipinski definition) is 0. The van der Waals surface area contributed by atoms with Gasteiger partial charge in [-0.2, -0.15) is 0 Å². The van der Waals surface area contributed by atoms with Gasteiger partial charge in [-0.15, -0.1) is 0 Å². The highest BCUT2D eigenvalue weighted by Crippen LogP contribution is 2.36. The van der Waals surface area contributed by atoms with Crippen LogP contribution in [-0.4, -0.2) is 29.6 Å². The normalized spacial score (nSPS) is 15.8. The highest BCUT2D eigenvalue weighted by molar-refractivity contribution is 8.18. The van der Waals surface area contributed by atoms with Gasteiger partial charge in [-0.25, -0.2) is 4.99 Å². The van der Waals surface area contributed by atoms with Crippen molar-refractivity contribution in [3.05, 3.63) is 93.9 Å². The minimum Gasteiger partial charge on any atom is -0.493 e. The van der Waals surface area contributed by atoms with Gasteiger partial charge in [0, 0.05) is 6.54 Å². The summed E-state index contributed by atoms with van der Waals surface area (Å²) in [6, 6.07) is 21.9. The predicted molar refractivity (Wildman–Crippen MR) is 144 cm³/mol. The van der Waals surface area contributed by atoms with Crippen LogP contribution in [0.1, 0.15) is 35.6 Å². The predicted octanol–water partition coefficient (Wildman–Crippen LogP) is 6.91. The number of aryl methyl sites for hydroxylation is 2. The van der Waals surface area contributed by atoms with Gasteiger partial charge >= 0.3 is 0 Å². The summed E-state index contributed by atoms with van der Waals surface area (Å²) in [7, 11) is 1.62.